The third-order valence-corrected chi connectivity index (χ3v) is 3.37. The highest BCUT2D eigenvalue weighted by molar-refractivity contribution is 5.57. The van der Waals surface area contributed by atoms with E-state index in [2.05, 4.69) is 5.10 Å². The van der Waals surface area contributed by atoms with Crippen molar-refractivity contribution in [3.8, 4) is 0 Å². The Kier molecular flexibility index (Phi) is 2.80. The molecule has 0 spiro atoms. The Morgan fingerprint density at radius 3 is 2.89 bits per heavy atom. The van der Waals surface area contributed by atoms with Crippen LogP contribution in [0, 0.1) is 12.7 Å². The summed E-state index contributed by atoms with van der Waals surface area (Å²) in [6.45, 7) is 1.93. The predicted octanol–water partition coefficient (Wildman–Crippen LogP) is 2.83. The minimum atomic E-state index is -0.379. The summed E-state index contributed by atoms with van der Waals surface area (Å²) in [6, 6.07) is 10.1. The lowest BCUT2D eigenvalue weighted by Gasteiger charge is -2.14. The monoisotopic (exact) mass is 255 g/mol. The van der Waals surface area contributed by atoms with Crippen molar-refractivity contribution in [2.75, 3.05) is 0 Å². The van der Waals surface area contributed by atoms with Crippen LogP contribution in [-0.4, -0.2) is 9.61 Å². The maximum atomic E-state index is 13.4. The Bertz CT molecular complexity index is 733. The van der Waals surface area contributed by atoms with Gasteiger partial charge in [-0.05, 0) is 42.3 Å². The molecule has 3 nitrogen and oxygen atoms in total. The number of nitrogens with zero attached hydrogens (tertiary/aromatic N) is 2. The van der Waals surface area contributed by atoms with E-state index in [9.17, 15) is 4.39 Å². The highest BCUT2D eigenvalue weighted by Crippen LogP contribution is 2.26. The molecule has 0 amide bonds. The average Bonchev–Trinajstić information content (AvgIpc) is 2.84. The number of halogens is 1. The number of benzene rings is 1. The summed E-state index contributed by atoms with van der Waals surface area (Å²) in [6.07, 6.45) is 3.61. The van der Waals surface area contributed by atoms with Crippen molar-refractivity contribution in [2.45, 2.75) is 13.0 Å². The number of aromatic nitrogens is 2. The highest BCUT2D eigenvalue weighted by Gasteiger charge is 2.16. The minimum absolute atomic E-state index is 0.271. The topological polar surface area (TPSA) is 43.3 Å². The van der Waals surface area contributed by atoms with E-state index in [0.717, 1.165) is 22.2 Å². The molecule has 96 valence electrons. The van der Waals surface area contributed by atoms with Crippen LogP contribution in [0.25, 0.3) is 5.52 Å². The number of rotatable bonds is 2. The Balaban J connectivity index is 2.13. The van der Waals surface area contributed by atoms with Gasteiger partial charge in [0, 0.05) is 11.8 Å². The first-order chi connectivity index (χ1) is 9.16. The van der Waals surface area contributed by atoms with E-state index in [1.54, 1.807) is 16.8 Å². The van der Waals surface area contributed by atoms with E-state index >= 15 is 0 Å². The second-order valence-electron chi connectivity index (χ2n) is 4.61. The van der Waals surface area contributed by atoms with Crippen molar-refractivity contribution < 1.29 is 4.39 Å². The number of aryl methyl sites for hydroxylation is 1. The van der Waals surface area contributed by atoms with Gasteiger partial charge in [0.2, 0.25) is 0 Å². The average molecular weight is 255 g/mol. The molecule has 19 heavy (non-hydrogen) atoms. The summed E-state index contributed by atoms with van der Waals surface area (Å²) in [5.41, 5.74) is 9.88. The molecule has 1 unspecified atom stereocenters. The van der Waals surface area contributed by atoms with Crippen molar-refractivity contribution in [3.05, 3.63) is 71.3 Å². The third kappa shape index (κ3) is 2.00. The Morgan fingerprint density at radius 2 is 2.05 bits per heavy atom. The van der Waals surface area contributed by atoms with Gasteiger partial charge in [0.25, 0.3) is 0 Å². The molecule has 3 aromatic rings. The van der Waals surface area contributed by atoms with Gasteiger partial charge in [0.1, 0.15) is 5.82 Å². The van der Waals surface area contributed by atoms with Crippen LogP contribution in [0.1, 0.15) is 22.7 Å². The van der Waals surface area contributed by atoms with Crippen molar-refractivity contribution in [1.29, 1.82) is 0 Å². The van der Waals surface area contributed by atoms with Crippen LogP contribution in [-0.2, 0) is 0 Å². The first-order valence-corrected chi connectivity index (χ1v) is 6.11. The largest absolute Gasteiger partial charge is 0.320 e. The Hall–Kier alpha value is -2.20. The molecular formula is C15H14FN3. The van der Waals surface area contributed by atoms with Crippen LogP contribution in [0.2, 0.25) is 0 Å². The van der Waals surface area contributed by atoms with E-state index in [0.29, 0.717) is 0 Å². The fraction of sp³-hybridized carbons (Fsp3) is 0.133. The van der Waals surface area contributed by atoms with E-state index < -0.39 is 0 Å². The first-order valence-electron chi connectivity index (χ1n) is 6.11. The van der Waals surface area contributed by atoms with Crippen molar-refractivity contribution in [1.82, 2.24) is 9.61 Å². The van der Waals surface area contributed by atoms with Gasteiger partial charge in [-0.1, -0.05) is 12.1 Å². The van der Waals surface area contributed by atoms with Gasteiger partial charge in [-0.3, -0.25) is 0 Å². The van der Waals surface area contributed by atoms with Gasteiger partial charge in [-0.15, -0.1) is 0 Å². The molecule has 2 N–H and O–H groups in total. The molecule has 0 aliphatic rings. The van der Waals surface area contributed by atoms with E-state index in [1.165, 1.54) is 12.1 Å². The van der Waals surface area contributed by atoms with E-state index in [-0.39, 0.29) is 11.9 Å². The van der Waals surface area contributed by atoms with Gasteiger partial charge in [0.05, 0.1) is 17.8 Å². The first kappa shape index (κ1) is 11.9. The zero-order chi connectivity index (χ0) is 13.4. The number of fused-ring (bicyclic) bond motifs is 1. The standard InChI is InChI=1S/C15H14FN3/c1-10-5-6-11(16)8-12(10)15(17)13-9-18-19-7-3-2-4-14(13)19/h2-9,15H,17H2,1H3. The summed E-state index contributed by atoms with van der Waals surface area (Å²) in [7, 11) is 0. The molecule has 4 heteroatoms. The number of hydrogen-bond donors (Lipinski definition) is 1. The summed E-state index contributed by atoms with van der Waals surface area (Å²) in [5.74, 6) is -0.271. The normalized spacial score (nSPS) is 12.8. The summed E-state index contributed by atoms with van der Waals surface area (Å²) in [5, 5.41) is 4.26. The smallest absolute Gasteiger partial charge is 0.123 e. The second-order valence-corrected chi connectivity index (χ2v) is 4.61. The molecule has 2 aromatic heterocycles. The summed E-state index contributed by atoms with van der Waals surface area (Å²) >= 11 is 0. The maximum absolute atomic E-state index is 13.4. The minimum Gasteiger partial charge on any atom is -0.320 e. The molecule has 1 atom stereocenters. The fourth-order valence-corrected chi connectivity index (χ4v) is 2.31. The lowest BCUT2D eigenvalue weighted by atomic mass is 9.96. The van der Waals surface area contributed by atoms with E-state index in [4.69, 9.17) is 5.73 Å². The van der Waals surface area contributed by atoms with Crippen LogP contribution in [0.4, 0.5) is 4.39 Å². The zero-order valence-corrected chi connectivity index (χ0v) is 10.5. The molecule has 2 heterocycles. The maximum Gasteiger partial charge on any atom is 0.123 e. The predicted molar refractivity (Wildman–Crippen MR) is 72.4 cm³/mol. The SMILES string of the molecule is Cc1ccc(F)cc1C(N)c1cnn2ccccc12. The van der Waals surface area contributed by atoms with Crippen molar-refractivity contribution >= 4 is 5.52 Å². The van der Waals surface area contributed by atoms with Crippen LogP contribution in [0.3, 0.4) is 0 Å². The number of pyridine rings is 1. The van der Waals surface area contributed by atoms with Crippen molar-refractivity contribution in [3.63, 3.8) is 0 Å². The molecule has 0 bridgehead atoms. The van der Waals surface area contributed by atoms with Crippen LogP contribution in [0.5, 0.6) is 0 Å². The van der Waals surface area contributed by atoms with Crippen molar-refractivity contribution in [2.24, 2.45) is 5.73 Å². The molecule has 0 saturated heterocycles. The lowest BCUT2D eigenvalue weighted by Crippen LogP contribution is -2.13. The number of hydrogen-bond acceptors (Lipinski definition) is 2. The fourth-order valence-electron chi connectivity index (χ4n) is 2.31. The Labute approximate surface area is 110 Å². The van der Waals surface area contributed by atoms with Crippen LogP contribution < -0.4 is 5.73 Å². The molecule has 1 aromatic carbocycles. The molecular weight excluding hydrogens is 241 g/mol. The van der Waals surface area contributed by atoms with Gasteiger partial charge in [-0.25, -0.2) is 8.91 Å². The lowest BCUT2D eigenvalue weighted by molar-refractivity contribution is 0.623. The molecule has 3 rings (SSSR count). The van der Waals surface area contributed by atoms with Crippen LogP contribution in [0.15, 0.2) is 48.8 Å². The quantitative estimate of drug-likeness (QED) is 0.765. The molecule has 0 radical (unpaired) electrons. The van der Waals surface area contributed by atoms with Gasteiger partial charge in [0.15, 0.2) is 0 Å². The van der Waals surface area contributed by atoms with E-state index in [1.807, 2.05) is 31.3 Å². The van der Waals surface area contributed by atoms with Gasteiger partial charge < -0.3 is 5.73 Å². The highest BCUT2D eigenvalue weighted by atomic mass is 19.1. The summed E-state index contributed by atoms with van der Waals surface area (Å²) in [4.78, 5) is 0. The Morgan fingerprint density at radius 1 is 1.21 bits per heavy atom. The van der Waals surface area contributed by atoms with Gasteiger partial charge >= 0.3 is 0 Å². The second kappa shape index (κ2) is 4.48. The molecule has 0 aliphatic carbocycles. The van der Waals surface area contributed by atoms with Crippen LogP contribution >= 0.6 is 0 Å². The zero-order valence-electron chi connectivity index (χ0n) is 10.5. The third-order valence-electron chi connectivity index (χ3n) is 3.37. The molecule has 0 aliphatic heterocycles. The number of nitrogens with two attached hydrogens (primary N) is 1. The summed E-state index contributed by atoms with van der Waals surface area (Å²) < 4.78 is 15.2. The molecule has 0 fully saturated rings. The molecule has 0 saturated carbocycles. The van der Waals surface area contributed by atoms with Gasteiger partial charge in [-0.2, -0.15) is 5.10 Å².